The van der Waals surface area contributed by atoms with Gasteiger partial charge in [-0.2, -0.15) is 0 Å². The fourth-order valence-corrected chi connectivity index (χ4v) is 2.94. The Morgan fingerprint density at radius 2 is 1.76 bits per heavy atom. The van der Waals surface area contributed by atoms with Crippen molar-refractivity contribution in [3.05, 3.63) is 0 Å². The van der Waals surface area contributed by atoms with Gasteiger partial charge in [0, 0.05) is 6.04 Å². The summed E-state index contributed by atoms with van der Waals surface area (Å²) in [5.41, 5.74) is 0. The third-order valence-corrected chi connectivity index (χ3v) is 4.00. The van der Waals surface area contributed by atoms with Crippen LogP contribution < -0.4 is 5.32 Å². The van der Waals surface area contributed by atoms with Crippen LogP contribution in [0.3, 0.4) is 0 Å². The number of nitrogens with one attached hydrogen (secondary N) is 1. The smallest absolute Gasteiger partial charge is 0.320 e. The minimum absolute atomic E-state index is 0.141. The molecule has 3 nitrogen and oxygen atoms in total. The lowest BCUT2D eigenvalue weighted by atomic mass is 9.77. The maximum atomic E-state index is 11.2. The van der Waals surface area contributed by atoms with E-state index in [4.69, 9.17) is 0 Å². The summed E-state index contributed by atoms with van der Waals surface area (Å²) >= 11 is 0. The summed E-state index contributed by atoms with van der Waals surface area (Å²) in [6.07, 6.45) is 4.88. The molecular weight excluding hydrogens is 214 g/mol. The van der Waals surface area contributed by atoms with Gasteiger partial charge in [0.15, 0.2) is 0 Å². The fourth-order valence-electron chi connectivity index (χ4n) is 2.94. The predicted molar refractivity (Wildman–Crippen MR) is 70.0 cm³/mol. The van der Waals surface area contributed by atoms with Crippen LogP contribution in [0, 0.1) is 17.8 Å². The summed E-state index contributed by atoms with van der Waals surface area (Å²) in [5, 5.41) is 12.6. The van der Waals surface area contributed by atoms with Crippen LogP contribution in [0.1, 0.15) is 53.4 Å². The van der Waals surface area contributed by atoms with Gasteiger partial charge in [0.05, 0.1) is 0 Å². The van der Waals surface area contributed by atoms with Gasteiger partial charge in [-0.3, -0.25) is 4.79 Å². The average Bonchev–Trinajstić information content (AvgIpc) is 2.25. The Balaban J connectivity index is 2.65. The van der Waals surface area contributed by atoms with Crippen molar-refractivity contribution in [2.75, 3.05) is 0 Å². The van der Waals surface area contributed by atoms with E-state index in [-0.39, 0.29) is 5.92 Å². The Labute approximate surface area is 105 Å². The van der Waals surface area contributed by atoms with E-state index in [1.54, 1.807) is 0 Å². The van der Waals surface area contributed by atoms with E-state index in [1.807, 2.05) is 13.8 Å². The summed E-state index contributed by atoms with van der Waals surface area (Å²) in [6.45, 7) is 8.43. The maximum Gasteiger partial charge on any atom is 0.320 e. The highest BCUT2D eigenvalue weighted by Gasteiger charge is 2.32. The molecule has 0 heterocycles. The first-order chi connectivity index (χ1) is 7.93. The third kappa shape index (κ3) is 3.98. The number of aliphatic carboxylic acids is 1. The fraction of sp³-hybridized carbons (Fsp3) is 0.929. The van der Waals surface area contributed by atoms with Crippen molar-refractivity contribution in [2.24, 2.45) is 17.8 Å². The lowest BCUT2D eigenvalue weighted by molar-refractivity contribution is -0.141. The highest BCUT2D eigenvalue weighted by Crippen LogP contribution is 2.30. The first kappa shape index (κ1) is 14.5. The third-order valence-electron chi connectivity index (χ3n) is 4.00. The largest absolute Gasteiger partial charge is 0.480 e. The molecule has 1 fully saturated rings. The highest BCUT2D eigenvalue weighted by atomic mass is 16.4. The van der Waals surface area contributed by atoms with E-state index in [0.29, 0.717) is 17.9 Å². The summed E-state index contributed by atoms with van der Waals surface area (Å²) in [5.74, 6) is 0.689. The average molecular weight is 241 g/mol. The van der Waals surface area contributed by atoms with Crippen molar-refractivity contribution in [3.63, 3.8) is 0 Å². The van der Waals surface area contributed by atoms with E-state index in [1.165, 1.54) is 19.3 Å². The minimum Gasteiger partial charge on any atom is -0.480 e. The standard InChI is InChI=1S/C14H27NO2/c1-9(2)11-7-5-6-8-12(11)15-13(10(3)4)14(16)17/h9-13,15H,5-8H2,1-4H3,(H,16,17). The molecule has 2 N–H and O–H groups in total. The normalized spacial score (nSPS) is 27.4. The molecule has 0 aromatic heterocycles. The zero-order chi connectivity index (χ0) is 13.0. The molecule has 0 aliphatic heterocycles. The molecule has 0 spiro atoms. The highest BCUT2D eigenvalue weighted by molar-refractivity contribution is 5.73. The maximum absolute atomic E-state index is 11.2. The van der Waals surface area contributed by atoms with Gasteiger partial charge in [-0.15, -0.1) is 0 Å². The molecule has 3 atom stereocenters. The van der Waals surface area contributed by atoms with Gasteiger partial charge >= 0.3 is 5.97 Å². The molecule has 1 aliphatic carbocycles. The predicted octanol–water partition coefficient (Wildman–Crippen LogP) is 2.90. The topological polar surface area (TPSA) is 49.3 Å². The Morgan fingerprint density at radius 1 is 1.18 bits per heavy atom. The second-order valence-electron chi connectivity index (χ2n) is 6.03. The summed E-state index contributed by atoms with van der Waals surface area (Å²) in [4.78, 5) is 11.2. The number of carboxylic acid groups (broad SMARTS) is 1. The number of hydrogen-bond donors (Lipinski definition) is 2. The van der Waals surface area contributed by atoms with E-state index >= 15 is 0 Å². The first-order valence-electron chi connectivity index (χ1n) is 6.92. The first-order valence-corrected chi connectivity index (χ1v) is 6.92. The number of carbonyl (C=O) groups is 1. The van der Waals surface area contributed by atoms with Crippen molar-refractivity contribution in [2.45, 2.75) is 65.5 Å². The van der Waals surface area contributed by atoms with Gasteiger partial charge in [-0.05, 0) is 30.6 Å². The molecule has 0 aromatic carbocycles. The van der Waals surface area contributed by atoms with Crippen molar-refractivity contribution < 1.29 is 9.90 Å². The van der Waals surface area contributed by atoms with Crippen LogP contribution in [0.5, 0.6) is 0 Å². The van der Waals surface area contributed by atoms with Crippen LogP contribution in [0.25, 0.3) is 0 Å². The zero-order valence-corrected chi connectivity index (χ0v) is 11.6. The van der Waals surface area contributed by atoms with E-state index in [2.05, 4.69) is 19.2 Å². The second-order valence-corrected chi connectivity index (χ2v) is 6.03. The van der Waals surface area contributed by atoms with Crippen molar-refractivity contribution in [1.29, 1.82) is 0 Å². The molecule has 0 bridgehead atoms. The molecule has 100 valence electrons. The van der Waals surface area contributed by atoms with Crippen LogP contribution in [0.2, 0.25) is 0 Å². The van der Waals surface area contributed by atoms with Crippen LogP contribution in [0.15, 0.2) is 0 Å². The quantitative estimate of drug-likeness (QED) is 0.778. The molecule has 1 saturated carbocycles. The molecular formula is C14H27NO2. The lowest BCUT2D eigenvalue weighted by Crippen LogP contribution is -2.51. The Bertz CT molecular complexity index is 251. The SMILES string of the molecule is CC(C)C(NC1CCCCC1C(C)C)C(=O)O. The zero-order valence-electron chi connectivity index (χ0n) is 11.6. The van der Waals surface area contributed by atoms with E-state index in [9.17, 15) is 9.90 Å². The van der Waals surface area contributed by atoms with Gasteiger partial charge < -0.3 is 10.4 Å². The molecule has 0 amide bonds. The van der Waals surface area contributed by atoms with Crippen molar-refractivity contribution >= 4 is 5.97 Å². The molecule has 3 heteroatoms. The Kier molecular flexibility index (Phi) is 5.44. The van der Waals surface area contributed by atoms with Gasteiger partial charge in [0.2, 0.25) is 0 Å². The van der Waals surface area contributed by atoms with Crippen LogP contribution in [-0.4, -0.2) is 23.2 Å². The Morgan fingerprint density at radius 3 is 2.24 bits per heavy atom. The van der Waals surface area contributed by atoms with Gasteiger partial charge in [-0.1, -0.05) is 40.5 Å². The summed E-state index contributed by atoms with van der Waals surface area (Å²) in [6, 6.07) is -0.0217. The Hall–Kier alpha value is -0.570. The molecule has 17 heavy (non-hydrogen) atoms. The molecule has 0 radical (unpaired) electrons. The van der Waals surface area contributed by atoms with Crippen LogP contribution in [0.4, 0.5) is 0 Å². The van der Waals surface area contributed by atoms with Crippen molar-refractivity contribution in [1.82, 2.24) is 5.32 Å². The minimum atomic E-state index is -0.715. The van der Waals surface area contributed by atoms with Gasteiger partial charge in [-0.25, -0.2) is 0 Å². The van der Waals surface area contributed by atoms with Gasteiger partial charge in [0.1, 0.15) is 6.04 Å². The van der Waals surface area contributed by atoms with Crippen LogP contribution in [-0.2, 0) is 4.79 Å². The number of carboxylic acids is 1. The monoisotopic (exact) mass is 241 g/mol. The molecule has 0 aromatic rings. The number of rotatable bonds is 5. The van der Waals surface area contributed by atoms with Crippen molar-refractivity contribution in [3.8, 4) is 0 Å². The van der Waals surface area contributed by atoms with E-state index < -0.39 is 12.0 Å². The van der Waals surface area contributed by atoms with Gasteiger partial charge in [0.25, 0.3) is 0 Å². The number of hydrogen-bond acceptors (Lipinski definition) is 2. The molecule has 3 unspecified atom stereocenters. The summed E-state index contributed by atoms with van der Waals surface area (Å²) < 4.78 is 0. The molecule has 0 saturated heterocycles. The lowest BCUT2D eigenvalue weighted by Gasteiger charge is -2.37. The second kappa shape index (κ2) is 6.39. The van der Waals surface area contributed by atoms with Crippen LogP contribution >= 0.6 is 0 Å². The summed E-state index contributed by atoms with van der Waals surface area (Å²) in [7, 11) is 0. The molecule has 1 aliphatic rings. The molecule has 1 rings (SSSR count). The van der Waals surface area contributed by atoms with E-state index in [0.717, 1.165) is 6.42 Å².